The van der Waals surface area contributed by atoms with Crippen LogP contribution in [0.15, 0.2) is 12.1 Å². The average molecular weight is 257 g/mol. The van der Waals surface area contributed by atoms with Gasteiger partial charge in [-0.3, -0.25) is 0 Å². The molecule has 0 spiro atoms. The summed E-state index contributed by atoms with van der Waals surface area (Å²) >= 11 is 0. The molecule has 1 N–H and O–H groups in total. The maximum absolute atomic E-state index is 8.89. The molecule has 1 heterocycles. The topological polar surface area (TPSA) is 70.9 Å². The van der Waals surface area contributed by atoms with Crippen molar-refractivity contribution in [2.24, 2.45) is 0 Å². The number of H-pyrrole nitrogens is 1. The zero-order chi connectivity index (χ0) is 14.0. The summed E-state index contributed by atoms with van der Waals surface area (Å²) in [5.74, 6) is 1.75. The van der Waals surface area contributed by atoms with Gasteiger partial charge in [-0.25, -0.2) is 4.98 Å². The molecule has 1 aromatic carbocycles. The Balaban J connectivity index is 2.66. The Morgan fingerprint density at radius 3 is 2.37 bits per heavy atom. The lowest BCUT2D eigenvalue weighted by atomic mass is 10.1. The van der Waals surface area contributed by atoms with Crippen molar-refractivity contribution < 1.29 is 9.47 Å². The molecular formula is C14H15N3O2. The van der Waals surface area contributed by atoms with E-state index in [4.69, 9.17) is 14.7 Å². The first-order valence-electron chi connectivity index (χ1n) is 5.80. The Hall–Kier alpha value is -2.48. The molecule has 0 atom stereocenters. The number of hydrogen-bond acceptors (Lipinski definition) is 4. The van der Waals surface area contributed by atoms with Gasteiger partial charge in [0.1, 0.15) is 17.6 Å². The van der Waals surface area contributed by atoms with E-state index in [9.17, 15) is 0 Å². The summed E-state index contributed by atoms with van der Waals surface area (Å²) in [6.45, 7) is 3.82. The Morgan fingerprint density at radius 2 is 1.84 bits per heavy atom. The number of aromatic amines is 1. The van der Waals surface area contributed by atoms with Crippen LogP contribution >= 0.6 is 0 Å². The van der Waals surface area contributed by atoms with Crippen LogP contribution in [0.4, 0.5) is 0 Å². The van der Waals surface area contributed by atoms with E-state index < -0.39 is 0 Å². The minimum Gasteiger partial charge on any atom is -0.496 e. The third kappa shape index (κ3) is 2.25. The fourth-order valence-electron chi connectivity index (χ4n) is 2.01. The molecule has 0 bridgehead atoms. The lowest BCUT2D eigenvalue weighted by Crippen LogP contribution is -1.94. The molecule has 5 nitrogen and oxygen atoms in total. The van der Waals surface area contributed by atoms with Gasteiger partial charge in [0, 0.05) is 11.3 Å². The summed E-state index contributed by atoms with van der Waals surface area (Å²) in [6, 6.07) is 5.77. The molecule has 0 aliphatic carbocycles. The lowest BCUT2D eigenvalue weighted by Gasteiger charge is -2.12. The number of nitriles is 1. The molecule has 0 saturated carbocycles. The Kier molecular flexibility index (Phi) is 3.43. The smallest absolute Gasteiger partial charge is 0.210 e. The van der Waals surface area contributed by atoms with E-state index in [1.54, 1.807) is 14.2 Å². The van der Waals surface area contributed by atoms with Crippen molar-refractivity contribution in [3.05, 3.63) is 29.2 Å². The summed E-state index contributed by atoms with van der Waals surface area (Å²) in [5, 5.41) is 8.89. The fraction of sp³-hybridized carbons (Fsp3) is 0.286. The summed E-state index contributed by atoms with van der Waals surface area (Å²) in [4.78, 5) is 7.19. The van der Waals surface area contributed by atoms with Crippen molar-refractivity contribution >= 4 is 0 Å². The first kappa shape index (κ1) is 13.0. The molecule has 5 heteroatoms. The van der Waals surface area contributed by atoms with Crippen LogP contribution in [0, 0.1) is 25.2 Å². The summed E-state index contributed by atoms with van der Waals surface area (Å²) < 4.78 is 10.7. The van der Waals surface area contributed by atoms with Gasteiger partial charge >= 0.3 is 0 Å². The van der Waals surface area contributed by atoms with Gasteiger partial charge < -0.3 is 14.5 Å². The molecule has 19 heavy (non-hydrogen) atoms. The van der Waals surface area contributed by atoms with Gasteiger partial charge in [-0.2, -0.15) is 5.26 Å². The van der Waals surface area contributed by atoms with E-state index in [1.807, 2.05) is 32.0 Å². The first-order chi connectivity index (χ1) is 9.10. The standard InChI is InChI=1S/C14H15N3O2/c1-8-5-12(19-4)10(6-11(8)18-3)14-9(2)16-13(7-15)17-14/h5-6H,1-4H3,(H,16,17). The number of benzene rings is 1. The van der Waals surface area contributed by atoms with Crippen LogP contribution in [0.25, 0.3) is 11.3 Å². The first-order valence-corrected chi connectivity index (χ1v) is 5.80. The van der Waals surface area contributed by atoms with Gasteiger partial charge in [0.2, 0.25) is 5.82 Å². The van der Waals surface area contributed by atoms with Gasteiger partial charge in [0.15, 0.2) is 0 Å². The molecule has 1 aromatic heterocycles. The molecule has 0 radical (unpaired) electrons. The van der Waals surface area contributed by atoms with E-state index in [2.05, 4.69) is 9.97 Å². The van der Waals surface area contributed by atoms with Crippen molar-refractivity contribution in [1.29, 1.82) is 5.26 Å². The Morgan fingerprint density at radius 1 is 1.16 bits per heavy atom. The number of ether oxygens (including phenoxy) is 2. The van der Waals surface area contributed by atoms with Crippen molar-refractivity contribution in [2.45, 2.75) is 13.8 Å². The largest absolute Gasteiger partial charge is 0.496 e. The highest BCUT2D eigenvalue weighted by Gasteiger charge is 2.16. The number of hydrogen-bond donors (Lipinski definition) is 1. The second kappa shape index (κ2) is 5.02. The molecule has 98 valence electrons. The van der Waals surface area contributed by atoms with Crippen LogP contribution in [0.5, 0.6) is 11.5 Å². The number of rotatable bonds is 3. The summed E-state index contributed by atoms with van der Waals surface area (Å²) in [5.41, 5.74) is 3.31. The second-order valence-electron chi connectivity index (χ2n) is 4.19. The van der Waals surface area contributed by atoms with E-state index in [0.29, 0.717) is 11.4 Å². The van der Waals surface area contributed by atoms with E-state index in [-0.39, 0.29) is 5.82 Å². The van der Waals surface area contributed by atoms with Crippen LogP contribution in [-0.2, 0) is 0 Å². The third-order valence-corrected chi connectivity index (χ3v) is 2.96. The van der Waals surface area contributed by atoms with Gasteiger partial charge in [0.05, 0.1) is 19.9 Å². The van der Waals surface area contributed by atoms with Crippen LogP contribution < -0.4 is 9.47 Å². The number of methoxy groups -OCH3 is 2. The van der Waals surface area contributed by atoms with E-state index in [0.717, 1.165) is 22.6 Å². The molecular weight excluding hydrogens is 242 g/mol. The van der Waals surface area contributed by atoms with Crippen molar-refractivity contribution in [3.63, 3.8) is 0 Å². The van der Waals surface area contributed by atoms with E-state index in [1.165, 1.54) is 0 Å². The number of imidazole rings is 1. The Bertz CT molecular complexity index is 653. The number of aryl methyl sites for hydroxylation is 2. The molecule has 0 amide bonds. The number of nitrogens with one attached hydrogen (secondary N) is 1. The van der Waals surface area contributed by atoms with Crippen LogP contribution in [0.3, 0.4) is 0 Å². The molecule has 2 rings (SSSR count). The minimum atomic E-state index is 0.286. The molecule has 0 saturated heterocycles. The maximum Gasteiger partial charge on any atom is 0.210 e. The van der Waals surface area contributed by atoms with Crippen LogP contribution in [-0.4, -0.2) is 24.2 Å². The summed E-state index contributed by atoms with van der Waals surface area (Å²) in [7, 11) is 3.23. The van der Waals surface area contributed by atoms with Crippen LogP contribution in [0.1, 0.15) is 17.1 Å². The third-order valence-electron chi connectivity index (χ3n) is 2.96. The monoisotopic (exact) mass is 257 g/mol. The molecule has 0 fully saturated rings. The van der Waals surface area contributed by atoms with Crippen molar-refractivity contribution in [1.82, 2.24) is 9.97 Å². The summed E-state index contributed by atoms with van der Waals surface area (Å²) in [6.07, 6.45) is 0. The van der Waals surface area contributed by atoms with Gasteiger partial charge in [0.25, 0.3) is 0 Å². The normalized spacial score (nSPS) is 10.1. The van der Waals surface area contributed by atoms with Gasteiger partial charge in [-0.05, 0) is 31.5 Å². The molecule has 0 aliphatic rings. The molecule has 0 aliphatic heterocycles. The zero-order valence-electron chi connectivity index (χ0n) is 11.4. The lowest BCUT2D eigenvalue weighted by molar-refractivity contribution is 0.401. The fourth-order valence-corrected chi connectivity index (χ4v) is 2.01. The average Bonchev–Trinajstić information content (AvgIpc) is 2.79. The highest BCUT2D eigenvalue weighted by molar-refractivity contribution is 5.72. The maximum atomic E-state index is 8.89. The van der Waals surface area contributed by atoms with E-state index >= 15 is 0 Å². The SMILES string of the molecule is COc1cc(-c2nc(C#N)[nH]c2C)c(OC)cc1C. The van der Waals surface area contributed by atoms with Crippen molar-refractivity contribution in [2.75, 3.05) is 14.2 Å². The van der Waals surface area contributed by atoms with Crippen molar-refractivity contribution in [3.8, 4) is 28.8 Å². The predicted octanol–water partition coefficient (Wildman–Crippen LogP) is 2.58. The Labute approximate surface area is 111 Å². The zero-order valence-corrected chi connectivity index (χ0v) is 11.4. The predicted molar refractivity (Wildman–Crippen MR) is 71.3 cm³/mol. The minimum absolute atomic E-state index is 0.286. The van der Waals surface area contributed by atoms with Crippen LogP contribution in [0.2, 0.25) is 0 Å². The number of nitrogens with zero attached hydrogens (tertiary/aromatic N) is 2. The van der Waals surface area contributed by atoms with Gasteiger partial charge in [-0.15, -0.1) is 0 Å². The van der Waals surface area contributed by atoms with Gasteiger partial charge in [-0.1, -0.05) is 0 Å². The highest BCUT2D eigenvalue weighted by atomic mass is 16.5. The molecule has 0 unspecified atom stereocenters. The second-order valence-corrected chi connectivity index (χ2v) is 4.19. The molecule has 2 aromatic rings. The quantitative estimate of drug-likeness (QED) is 0.917. The highest BCUT2D eigenvalue weighted by Crippen LogP contribution is 2.36. The number of aromatic nitrogens is 2.